The fourth-order valence-electron chi connectivity index (χ4n) is 2.55. The normalized spacial score (nSPS) is 20.1. The van der Waals surface area contributed by atoms with E-state index in [9.17, 15) is 0 Å². The molecule has 1 atom stereocenters. The molecule has 1 unspecified atom stereocenters. The van der Waals surface area contributed by atoms with E-state index in [0.717, 1.165) is 5.70 Å². The Morgan fingerprint density at radius 2 is 1.65 bits per heavy atom. The molecule has 1 aliphatic heterocycles. The number of allylic oxidation sites excluding steroid dienone is 1. The van der Waals surface area contributed by atoms with Crippen molar-refractivity contribution >= 4 is 5.69 Å². The lowest BCUT2D eigenvalue weighted by Gasteiger charge is -2.44. The van der Waals surface area contributed by atoms with Crippen molar-refractivity contribution in [2.24, 2.45) is 10.8 Å². The van der Waals surface area contributed by atoms with Crippen molar-refractivity contribution in [1.29, 1.82) is 0 Å². The van der Waals surface area contributed by atoms with Crippen molar-refractivity contribution < 1.29 is 0 Å². The molecule has 92 valence electrons. The highest BCUT2D eigenvalue weighted by Crippen LogP contribution is 2.55. The molecule has 0 spiro atoms. The molecular formula is C16H23N. The van der Waals surface area contributed by atoms with Gasteiger partial charge in [0.15, 0.2) is 0 Å². The Balaban J connectivity index is 2.51. The van der Waals surface area contributed by atoms with E-state index >= 15 is 0 Å². The molecule has 0 aromatic heterocycles. The average molecular weight is 229 g/mol. The van der Waals surface area contributed by atoms with Crippen LogP contribution in [0.1, 0.15) is 46.1 Å². The maximum absolute atomic E-state index is 4.22. The zero-order valence-corrected chi connectivity index (χ0v) is 11.6. The lowest BCUT2D eigenvalue weighted by Crippen LogP contribution is -2.35. The first-order valence-corrected chi connectivity index (χ1v) is 6.30. The van der Waals surface area contributed by atoms with Gasteiger partial charge in [0, 0.05) is 17.3 Å². The molecule has 0 radical (unpaired) electrons. The summed E-state index contributed by atoms with van der Waals surface area (Å²) < 4.78 is 0. The maximum atomic E-state index is 4.22. The number of hydrogen-bond donors (Lipinski definition) is 1. The summed E-state index contributed by atoms with van der Waals surface area (Å²) in [5, 5.41) is 3.43. The van der Waals surface area contributed by atoms with Gasteiger partial charge in [-0.05, 0) is 22.5 Å². The van der Waals surface area contributed by atoms with Crippen LogP contribution in [-0.4, -0.2) is 0 Å². The Hall–Kier alpha value is -1.24. The predicted octanol–water partition coefficient (Wildman–Crippen LogP) is 4.78. The van der Waals surface area contributed by atoms with E-state index in [-0.39, 0.29) is 10.8 Å². The minimum Gasteiger partial charge on any atom is -0.359 e. The quantitative estimate of drug-likeness (QED) is 0.730. The standard InChI is InChI=1S/C16H23N/c1-11-14(16(5,6)15(2,3)4)12-9-7-8-10-13(12)17-11/h7-10,14,17H,1H2,2-6H3. The van der Waals surface area contributed by atoms with Gasteiger partial charge in [0.25, 0.3) is 0 Å². The third-order valence-electron chi connectivity index (χ3n) is 4.57. The monoisotopic (exact) mass is 229 g/mol. The molecule has 1 N–H and O–H groups in total. The number of anilines is 1. The van der Waals surface area contributed by atoms with Crippen LogP contribution in [-0.2, 0) is 0 Å². The maximum Gasteiger partial charge on any atom is 0.0421 e. The number of benzene rings is 1. The number of nitrogens with one attached hydrogen (secondary N) is 1. The highest BCUT2D eigenvalue weighted by atomic mass is 14.9. The molecular weight excluding hydrogens is 206 g/mol. The van der Waals surface area contributed by atoms with E-state index in [1.807, 2.05) is 0 Å². The minimum atomic E-state index is 0.170. The molecule has 1 aromatic carbocycles. The SMILES string of the molecule is C=C1Nc2ccccc2C1C(C)(C)C(C)(C)C. The second-order valence-electron chi connectivity index (χ2n) is 6.64. The number of hydrogen-bond acceptors (Lipinski definition) is 1. The van der Waals surface area contributed by atoms with E-state index in [1.54, 1.807) is 0 Å². The summed E-state index contributed by atoms with van der Waals surface area (Å²) in [5.74, 6) is 0.388. The lowest BCUT2D eigenvalue weighted by atomic mass is 9.60. The van der Waals surface area contributed by atoms with Crippen molar-refractivity contribution in [2.45, 2.75) is 40.5 Å². The summed E-state index contributed by atoms with van der Waals surface area (Å²) >= 11 is 0. The third kappa shape index (κ3) is 1.78. The Morgan fingerprint density at radius 3 is 2.24 bits per heavy atom. The lowest BCUT2D eigenvalue weighted by molar-refractivity contribution is 0.111. The van der Waals surface area contributed by atoms with Crippen molar-refractivity contribution in [3.8, 4) is 0 Å². The van der Waals surface area contributed by atoms with Crippen LogP contribution in [0.2, 0.25) is 0 Å². The van der Waals surface area contributed by atoms with Crippen LogP contribution in [0.25, 0.3) is 0 Å². The average Bonchev–Trinajstić information content (AvgIpc) is 2.51. The summed E-state index contributed by atoms with van der Waals surface area (Å²) in [6.07, 6.45) is 0. The molecule has 0 amide bonds. The molecule has 1 heterocycles. The highest BCUT2D eigenvalue weighted by Gasteiger charge is 2.45. The zero-order chi connectivity index (χ0) is 12.8. The molecule has 0 saturated carbocycles. The first kappa shape index (κ1) is 12.2. The van der Waals surface area contributed by atoms with Crippen molar-refractivity contribution in [1.82, 2.24) is 0 Å². The molecule has 1 nitrogen and oxygen atoms in total. The smallest absolute Gasteiger partial charge is 0.0421 e. The van der Waals surface area contributed by atoms with E-state index in [4.69, 9.17) is 0 Å². The first-order valence-electron chi connectivity index (χ1n) is 6.30. The second kappa shape index (κ2) is 3.63. The summed E-state index contributed by atoms with van der Waals surface area (Å²) in [6, 6.07) is 8.55. The summed E-state index contributed by atoms with van der Waals surface area (Å²) in [7, 11) is 0. The van der Waals surface area contributed by atoms with Crippen LogP contribution in [0.5, 0.6) is 0 Å². The number of fused-ring (bicyclic) bond motifs is 1. The summed E-state index contributed by atoms with van der Waals surface area (Å²) in [6.45, 7) is 15.8. The van der Waals surface area contributed by atoms with Crippen LogP contribution in [0.4, 0.5) is 5.69 Å². The molecule has 0 bridgehead atoms. The van der Waals surface area contributed by atoms with Crippen LogP contribution >= 0.6 is 0 Å². The summed E-state index contributed by atoms with van der Waals surface area (Å²) in [4.78, 5) is 0. The zero-order valence-electron chi connectivity index (χ0n) is 11.6. The van der Waals surface area contributed by atoms with Gasteiger partial charge in [-0.2, -0.15) is 0 Å². The Morgan fingerprint density at radius 1 is 1.06 bits per heavy atom. The number of rotatable bonds is 1. The van der Waals surface area contributed by atoms with E-state index in [0.29, 0.717) is 5.92 Å². The third-order valence-corrected chi connectivity index (χ3v) is 4.57. The van der Waals surface area contributed by atoms with Crippen LogP contribution < -0.4 is 5.32 Å². The van der Waals surface area contributed by atoms with Crippen molar-refractivity contribution in [3.63, 3.8) is 0 Å². The Bertz CT molecular complexity index is 449. The van der Waals surface area contributed by atoms with Gasteiger partial charge in [-0.15, -0.1) is 0 Å². The fraction of sp³-hybridized carbons (Fsp3) is 0.500. The molecule has 1 heteroatoms. The molecule has 0 aliphatic carbocycles. The Labute approximate surface area is 105 Å². The predicted molar refractivity (Wildman–Crippen MR) is 75.2 cm³/mol. The van der Waals surface area contributed by atoms with Gasteiger partial charge >= 0.3 is 0 Å². The van der Waals surface area contributed by atoms with Crippen molar-refractivity contribution in [3.05, 3.63) is 42.1 Å². The van der Waals surface area contributed by atoms with E-state index < -0.39 is 0 Å². The van der Waals surface area contributed by atoms with Gasteiger partial charge in [0.1, 0.15) is 0 Å². The van der Waals surface area contributed by atoms with Gasteiger partial charge in [-0.25, -0.2) is 0 Å². The fourth-order valence-corrected chi connectivity index (χ4v) is 2.55. The van der Waals surface area contributed by atoms with Crippen LogP contribution in [0.15, 0.2) is 36.5 Å². The molecule has 0 saturated heterocycles. The van der Waals surface area contributed by atoms with Gasteiger partial charge < -0.3 is 5.32 Å². The van der Waals surface area contributed by atoms with Gasteiger partial charge in [-0.3, -0.25) is 0 Å². The first-order chi connectivity index (χ1) is 7.75. The highest BCUT2D eigenvalue weighted by molar-refractivity contribution is 5.65. The number of para-hydroxylation sites is 1. The van der Waals surface area contributed by atoms with Gasteiger partial charge in [-0.1, -0.05) is 59.4 Å². The molecule has 1 aromatic rings. The Kier molecular flexibility index (Phi) is 2.61. The van der Waals surface area contributed by atoms with E-state index in [2.05, 4.69) is 70.8 Å². The van der Waals surface area contributed by atoms with Crippen LogP contribution in [0, 0.1) is 10.8 Å². The van der Waals surface area contributed by atoms with Crippen LogP contribution in [0.3, 0.4) is 0 Å². The summed E-state index contributed by atoms with van der Waals surface area (Å²) in [5.41, 5.74) is 4.15. The molecule has 2 rings (SSSR count). The largest absolute Gasteiger partial charge is 0.359 e. The topological polar surface area (TPSA) is 12.0 Å². The van der Waals surface area contributed by atoms with Gasteiger partial charge in [0.2, 0.25) is 0 Å². The second-order valence-corrected chi connectivity index (χ2v) is 6.64. The van der Waals surface area contributed by atoms with Gasteiger partial charge in [0.05, 0.1) is 0 Å². The molecule has 1 aliphatic rings. The van der Waals surface area contributed by atoms with E-state index in [1.165, 1.54) is 11.3 Å². The minimum absolute atomic E-state index is 0.170. The molecule has 17 heavy (non-hydrogen) atoms. The van der Waals surface area contributed by atoms with Crippen molar-refractivity contribution in [2.75, 3.05) is 5.32 Å². The molecule has 0 fully saturated rings.